The smallest absolute Gasteiger partial charge is 0.396 e. The minimum Gasteiger partial charge on any atom is -0.396 e. The molecule has 0 aliphatic carbocycles. The Labute approximate surface area is 156 Å². The Bertz CT molecular complexity index is 917. The Hall–Kier alpha value is -2.03. The van der Waals surface area contributed by atoms with Crippen LogP contribution < -0.4 is 5.73 Å². The maximum atomic E-state index is 12.2. The summed E-state index contributed by atoms with van der Waals surface area (Å²) in [5, 5.41) is 29.6. The van der Waals surface area contributed by atoms with Crippen LogP contribution in [-0.2, 0) is 18.6 Å². The standard InChI is InChI=1S/C13H18N5O9P/c14-11-6-12(16-3-15-11)18(4-17-6)13-8(22)7(21)10(26-13)9(5(20)1-2-19)27-28(23,24)25/h3-4,7-10,13,19,21-22H,1-2H2,(H2,14,15,16)(H2,23,24,25)/t7-,8+,9?,10-,13+/m0/s1. The van der Waals surface area contributed by atoms with E-state index in [4.69, 9.17) is 25.4 Å². The summed E-state index contributed by atoms with van der Waals surface area (Å²) in [6.45, 7) is -0.614. The van der Waals surface area contributed by atoms with E-state index in [2.05, 4.69) is 19.5 Å². The molecule has 14 nitrogen and oxygen atoms in total. The number of carbonyl (C=O) groups excluding carboxylic acids is 1. The van der Waals surface area contributed by atoms with Crippen molar-refractivity contribution in [2.24, 2.45) is 0 Å². The lowest BCUT2D eigenvalue weighted by Crippen LogP contribution is -2.44. The topological polar surface area (TPSA) is 223 Å². The van der Waals surface area contributed by atoms with E-state index < -0.39 is 57.3 Å². The molecule has 15 heteroatoms. The summed E-state index contributed by atoms with van der Waals surface area (Å²) < 4.78 is 22.4. The van der Waals surface area contributed by atoms with Crippen molar-refractivity contribution in [2.75, 3.05) is 12.3 Å². The normalized spacial score (nSPS) is 26.6. The summed E-state index contributed by atoms with van der Waals surface area (Å²) in [7, 11) is -5.16. The minimum atomic E-state index is -5.16. The summed E-state index contributed by atoms with van der Waals surface area (Å²) in [5.41, 5.74) is 6.06. The number of ketones is 1. The molecule has 0 radical (unpaired) electrons. The molecule has 1 unspecified atom stereocenters. The van der Waals surface area contributed by atoms with Crippen molar-refractivity contribution in [1.29, 1.82) is 0 Å². The monoisotopic (exact) mass is 419 g/mol. The van der Waals surface area contributed by atoms with Gasteiger partial charge in [0.25, 0.3) is 0 Å². The van der Waals surface area contributed by atoms with Crippen molar-refractivity contribution in [3.05, 3.63) is 12.7 Å². The molecule has 1 aliphatic heterocycles. The number of nitrogens with zero attached hydrogens (tertiary/aromatic N) is 4. The average molecular weight is 419 g/mol. The van der Waals surface area contributed by atoms with Gasteiger partial charge in [-0.05, 0) is 0 Å². The van der Waals surface area contributed by atoms with Gasteiger partial charge in [-0.25, -0.2) is 19.5 Å². The number of rotatable bonds is 7. The summed E-state index contributed by atoms with van der Waals surface area (Å²) in [4.78, 5) is 42.0. The van der Waals surface area contributed by atoms with Crippen molar-refractivity contribution in [2.45, 2.75) is 37.1 Å². The molecule has 0 aromatic carbocycles. The van der Waals surface area contributed by atoms with E-state index in [1.54, 1.807) is 0 Å². The van der Waals surface area contributed by atoms with Gasteiger partial charge in [0.05, 0.1) is 12.9 Å². The number of hydrogen-bond donors (Lipinski definition) is 6. The molecule has 2 aromatic rings. The molecule has 1 fully saturated rings. The van der Waals surface area contributed by atoms with Crippen LogP contribution in [0.1, 0.15) is 12.6 Å². The fourth-order valence-electron chi connectivity index (χ4n) is 2.92. The second-order valence-corrected chi connectivity index (χ2v) is 7.20. The largest absolute Gasteiger partial charge is 0.470 e. The molecule has 0 saturated carbocycles. The summed E-state index contributed by atoms with van der Waals surface area (Å²) in [6.07, 6.45) is -6.40. The quantitative estimate of drug-likeness (QED) is 0.255. The van der Waals surface area contributed by atoms with Crippen molar-refractivity contribution < 1.29 is 43.7 Å². The summed E-state index contributed by atoms with van der Waals surface area (Å²) >= 11 is 0. The third-order valence-electron chi connectivity index (χ3n) is 4.16. The Morgan fingerprint density at radius 3 is 2.68 bits per heavy atom. The number of aliphatic hydroxyl groups is 3. The number of hydrogen-bond acceptors (Lipinski definition) is 11. The second kappa shape index (κ2) is 7.77. The number of ether oxygens (including phenoxy) is 1. The van der Waals surface area contributed by atoms with Gasteiger partial charge in [-0.2, -0.15) is 0 Å². The van der Waals surface area contributed by atoms with Gasteiger partial charge in [0.2, 0.25) is 0 Å². The molecular formula is C13H18N5O9P. The number of anilines is 1. The van der Waals surface area contributed by atoms with Gasteiger partial charge in [0.15, 0.2) is 29.6 Å². The highest BCUT2D eigenvalue weighted by Gasteiger charge is 2.51. The lowest BCUT2D eigenvalue weighted by molar-refractivity contribution is -0.140. The van der Waals surface area contributed by atoms with Crippen LogP contribution in [0.3, 0.4) is 0 Å². The molecule has 0 amide bonds. The molecule has 0 bridgehead atoms. The molecule has 5 atom stereocenters. The molecule has 2 aromatic heterocycles. The number of fused-ring (bicyclic) bond motifs is 1. The molecule has 3 rings (SSSR count). The maximum Gasteiger partial charge on any atom is 0.470 e. The van der Waals surface area contributed by atoms with E-state index in [1.165, 1.54) is 10.9 Å². The predicted molar refractivity (Wildman–Crippen MR) is 89.3 cm³/mol. The number of phosphoric ester groups is 1. The van der Waals surface area contributed by atoms with Crippen LogP contribution in [0.25, 0.3) is 11.2 Å². The van der Waals surface area contributed by atoms with Crippen LogP contribution in [0.4, 0.5) is 5.82 Å². The molecule has 1 saturated heterocycles. The zero-order chi connectivity index (χ0) is 20.6. The molecule has 28 heavy (non-hydrogen) atoms. The lowest BCUT2D eigenvalue weighted by Gasteiger charge is -2.24. The first-order chi connectivity index (χ1) is 13.1. The molecule has 154 valence electrons. The highest BCUT2D eigenvalue weighted by atomic mass is 31.2. The zero-order valence-electron chi connectivity index (χ0n) is 14.1. The number of carbonyl (C=O) groups is 1. The van der Waals surface area contributed by atoms with Crippen LogP contribution in [0.2, 0.25) is 0 Å². The predicted octanol–water partition coefficient (Wildman–Crippen LogP) is -2.54. The Morgan fingerprint density at radius 2 is 2.04 bits per heavy atom. The van der Waals surface area contributed by atoms with Crippen LogP contribution >= 0.6 is 7.82 Å². The van der Waals surface area contributed by atoms with Crippen LogP contribution in [0, 0.1) is 0 Å². The van der Waals surface area contributed by atoms with Gasteiger partial charge < -0.3 is 35.6 Å². The molecule has 7 N–H and O–H groups in total. The van der Waals surface area contributed by atoms with E-state index in [0.29, 0.717) is 0 Å². The van der Waals surface area contributed by atoms with Crippen molar-refractivity contribution in [1.82, 2.24) is 19.5 Å². The van der Waals surface area contributed by atoms with Crippen LogP contribution in [0.15, 0.2) is 12.7 Å². The number of aromatic nitrogens is 4. The van der Waals surface area contributed by atoms with E-state index >= 15 is 0 Å². The first kappa shape index (κ1) is 20.7. The van der Waals surface area contributed by atoms with E-state index in [9.17, 15) is 19.6 Å². The van der Waals surface area contributed by atoms with E-state index in [0.717, 1.165) is 6.33 Å². The van der Waals surface area contributed by atoms with Gasteiger partial charge in [-0.3, -0.25) is 13.9 Å². The number of phosphoric acid groups is 1. The van der Waals surface area contributed by atoms with Crippen molar-refractivity contribution in [3.8, 4) is 0 Å². The highest BCUT2D eigenvalue weighted by Crippen LogP contribution is 2.42. The van der Waals surface area contributed by atoms with E-state index in [-0.39, 0.29) is 17.0 Å². The Balaban J connectivity index is 1.94. The molecular weight excluding hydrogens is 401 g/mol. The number of aliphatic hydroxyl groups excluding tert-OH is 3. The van der Waals surface area contributed by atoms with E-state index in [1.807, 2.05) is 0 Å². The van der Waals surface area contributed by atoms with Crippen molar-refractivity contribution >= 4 is 30.6 Å². The summed E-state index contributed by atoms with van der Waals surface area (Å²) in [6, 6.07) is 0. The maximum absolute atomic E-state index is 12.2. The SMILES string of the molecule is Nc1ncnc2c1ncn2[C@@H]1O[C@H](C(OP(=O)(O)O)C(=O)CCO)[C@@H](O)[C@H]1O. The number of nitrogen functional groups attached to an aromatic ring is 1. The first-order valence-corrected chi connectivity index (χ1v) is 9.49. The Morgan fingerprint density at radius 1 is 1.32 bits per heavy atom. The third kappa shape index (κ3) is 3.90. The highest BCUT2D eigenvalue weighted by molar-refractivity contribution is 7.46. The van der Waals surface area contributed by atoms with Crippen molar-refractivity contribution in [3.63, 3.8) is 0 Å². The lowest BCUT2D eigenvalue weighted by atomic mass is 10.0. The van der Waals surface area contributed by atoms with Crippen LogP contribution in [-0.4, -0.2) is 81.4 Å². The van der Waals surface area contributed by atoms with Crippen LogP contribution in [0.5, 0.6) is 0 Å². The van der Waals surface area contributed by atoms with Gasteiger partial charge in [0.1, 0.15) is 30.2 Å². The van der Waals surface area contributed by atoms with Gasteiger partial charge in [0, 0.05) is 6.42 Å². The van der Waals surface area contributed by atoms with Gasteiger partial charge in [-0.1, -0.05) is 0 Å². The molecule has 0 spiro atoms. The average Bonchev–Trinajstić information content (AvgIpc) is 3.16. The number of imidazole rings is 1. The molecule has 3 heterocycles. The summed E-state index contributed by atoms with van der Waals surface area (Å²) in [5.74, 6) is -0.862. The second-order valence-electron chi connectivity index (χ2n) is 6.01. The third-order valence-corrected chi connectivity index (χ3v) is 4.66. The van der Waals surface area contributed by atoms with Gasteiger partial charge in [-0.15, -0.1) is 0 Å². The van der Waals surface area contributed by atoms with Gasteiger partial charge >= 0.3 is 7.82 Å². The fourth-order valence-corrected chi connectivity index (χ4v) is 3.46. The molecule has 1 aliphatic rings. The fraction of sp³-hybridized carbons (Fsp3) is 0.538. The minimum absolute atomic E-state index is 0.0640. The number of Topliss-reactive ketones (excluding diaryl/α,β-unsaturated/α-hetero) is 1. The Kier molecular flexibility index (Phi) is 5.74. The zero-order valence-corrected chi connectivity index (χ0v) is 15.0. The first-order valence-electron chi connectivity index (χ1n) is 7.96. The number of nitrogens with two attached hydrogens (primary N) is 1.